The number of hydrogen-bond donors (Lipinski definition) is 0. The normalized spacial score (nSPS) is 10.3. The molecule has 0 radical (unpaired) electrons. The third-order valence-electron chi connectivity index (χ3n) is 3.05. The summed E-state index contributed by atoms with van der Waals surface area (Å²) in [5, 5.41) is 11.0. The Morgan fingerprint density at radius 3 is 2.60 bits per heavy atom. The molecule has 0 bridgehead atoms. The Labute approximate surface area is 119 Å². The van der Waals surface area contributed by atoms with E-state index in [0.29, 0.717) is 18.6 Å². The molecule has 0 aliphatic rings. The van der Waals surface area contributed by atoms with Crippen LogP contribution in [0.5, 0.6) is 5.75 Å². The van der Waals surface area contributed by atoms with Gasteiger partial charge in [0.15, 0.2) is 11.5 Å². The zero-order valence-electron chi connectivity index (χ0n) is 12.1. The number of ketones is 1. The van der Waals surface area contributed by atoms with E-state index in [1.54, 1.807) is 13.0 Å². The van der Waals surface area contributed by atoms with Crippen LogP contribution in [0, 0.1) is 10.1 Å². The Morgan fingerprint density at radius 1 is 1.25 bits per heavy atom. The average Bonchev–Trinajstić information content (AvgIpc) is 2.46. The fourth-order valence-electron chi connectivity index (χ4n) is 1.87. The van der Waals surface area contributed by atoms with Crippen molar-refractivity contribution in [1.29, 1.82) is 0 Å². The second-order valence-corrected chi connectivity index (χ2v) is 4.63. The van der Waals surface area contributed by atoms with Gasteiger partial charge in [0.1, 0.15) is 0 Å². The quantitative estimate of drug-likeness (QED) is 0.295. The van der Waals surface area contributed by atoms with Gasteiger partial charge in [0, 0.05) is 18.1 Å². The van der Waals surface area contributed by atoms with Crippen molar-refractivity contribution >= 4 is 11.5 Å². The van der Waals surface area contributed by atoms with Crippen LogP contribution in [-0.4, -0.2) is 17.3 Å². The van der Waals surface area contributed by atoms with Crippen molar-refractivity contribution in [3.05, 3.63) is 33.9 Å². The van der Waals surface area contributed by atoms with Gasteiger partial charge in [-0.1, -0.05) is 33.1 Å². The molecule has 110 valence electrons. The van der Waals surface area contributed by atoms with E-state index in [1.807, 2.05) is 0 Å². The van der Waals surface area contributed by atoms with Crippen LogP contribution in [0.4, 0.5) is 5.69 Å². The number of unbranched alkanes of at least 4 members (excludes halogenated alkanes) is 3. The van der Waals surface area contributed by atoms with Crippen molar-refractivity contribution in [1.82, 2.24) is 0 Å². The van der Waals surface area contributed by atoms with Crippen LogP contribution < -0.4 is 4.74 Å². The summed E-state index contributed by atoms with van der Waals surface area (Å²) < 4.78 is 5.46. The van der Waals surface area contributed by atoms with E-state index in [-0.39, 0.29) is 17.2 Å². The summed E-state index contributed by atoms with van der Waals surface area (Å²) in [5.74, 6) is 0.127. The number of benzene rings is 1. The van der Waals surface area contributed by atoms with Crippen LogP contribution in [-0.2, 0) is 0 Å². The minimum Gasteiger partial charge on any atom is -0.487 e. The van der Waals surface area contributed by atoms with Crippen LogP contribution in [0.15, 0.2) is 18.2 Å². The molecule has 0 aliphatic carbocycles. The van der Waals surface area contributed by atoms with E-state index in [0.717, 1.165) is 25.7 Å². The molecule has 0 aromatic heterocycles. The number of ether oxygens (including phenoxy) is 1. The van der Waals surface area contributed by atoms with Crippen molar-refractivity contribution in [2.45, 2.75) is 46.0 Å². The van der Waals surface area contributed by atoms with Crippen LogP contribution in [0.2, 0.25) is 0 Å². The molecule has 5 nitrogen and oxygen atoms in total. The third-order valence-corrected chi connectivity index (χ3v) is 3.05. The zero-order valence-corrected chi connectivity index (χ0v) is 12.1. The first-order valence-electron chi connectivity index (χ1n) is 7.04. The van der Waals surface area contributed by atoms with Crippen LogP contribution in [0.3, 0.4) is 0 Å². The molecule has 0 N–H and O–H groups in total. The molecule has 1 aromatic rings. The lowest BCUT2D eigenvalue weighted by atomic mass is 10.1. The molecule has 0 heterocycles. The molecule has 0 spiro atoms. The van der Waals surface area contributed by atoms with Crippen molar-refractivity contribution in [3.8, 4) is 5.75 Å². The SMILES string of the molecule is CCCCCCOc1ccc(C(=O)CC)cc1[N+](=O)[O-]. The lowest BCUT2D eigenvalue weighted by Gasteiger charge is -2.07. The van der Waals surface area contributed by atoms with Gasteiger partial charge in [0.05, 0.1) is 11.5 Å². The molecule has 1 aromatic carbocycles. The first kappa shape index (κ1) is 16.1. The number of Topliss-reactive ketones (excluding diaryl/α,β-unsaturated/α-hetero) is 1. The lowest BCUT2D eigenvalue weighted by molar-refractivity contribution is -0.385. The average molecular weight is 279 g/mol. The number of nitro benzene ring substituents is 1. The number of carbonyl (C=O) groups excluding carboxylic acids is 1. The highest BCUT2D eigenvalue weighted by molar-refractivity contribution is 5.96. The topological polar surface area (TPSA) is 69.4 Å². The lowest BCUT2D eigenvalue weighted by Crippen LogP contribution is -2.03. The van der Waals surface area contributed by atoms with Crippen LogP contribution >= 0.6 is 0 Å². The molecule has 5 heteroatoms. The number of hydrogen-bond acceptors (Lipinski definition) is 4. The van der Waals surface area contributed by atoms with Gasteiger partial charge >= 0.3 is 5.69 Å². The van der Waals surface area contributed by atoms with E-state index in [4.69, 9.17) is 4.74 Å². The molecule has 0 amide bonds. The molecule has 0 fully saturated rings. The smallest absolute Gasteiger partial charge is 0.311 e. The molecular weight excluding hydrogens is 258 g/mol. The highest BCUT2D eigenvalue weighted by Gasteiger charge is 2.18. The van der Waals surface area contributed by atoms with Crippen molar-refractivity contribution < 1.29 is 14.5 Å². The summed E-state index contributed by atoms with van der Waals surface area (Å²) in [6.45, 7) is 4.31. The number of nitrogens with zero attached hydrogens (tertiary/aromatic N) is 1. The summed E-state index contributed by atoms with van der Waals surface area (Å²) in [4.78, 5) is 22.1. The van der Waals surface area contributed by atoms with E-state index in [1.165, 1.54) is 12.1 Å². The van der Waals surface area contributed by atoms with Gasteiger partial charge in [-0.15, -0.1) is 0 Å². The number of rotatable bonds is 9. The number of carbonyl (C=O) groups is 1. The van der Waals surface area contributed by atoms with Gasteiger partial charge in [-0.25, -0.2) is 0 Å². The van der Waals surface area contributed by atoms with E-state index in [9.17, 15) is 14.9 Å². The Balaban J connectivity index is 2.75. The van der Waals surface area contributed by atoms with Gasteiger partial charge in [0.2, 0.25) is 0 Å². The van der Waals surface area contributed by atoms with E-state index in [2.05, 4.69) is 6.92 Å². The minimum atomic E-state index is -0.506. The van der Waals surface area contributed by atoms with Gasteiger partial charge in [-0.3, -0.25) is 14.9 Å². The summed E-state index contributed by atoms with van der Waals surface area (Å²) >= 11 is 0. The fraction of sp³-hybridized carbons (Fsp3) is 0.533. The van der Waals surface area contributed by atoms with Crippen LogP contribution in [0.1, 0.15) is 56.3 Å². The Hall–Kier alpha value is -1.91. The van der Waals surface area contributed by atoms with Gasteiger partial charge < -0.3 is 4.74 Å². The van der Waals surface area contributed by atoms with Gasteiger partial charge in [0.25, 0.3) is 0 Å². The van der Waals surface area contributed by atoms with Crippen LogP contribution in [0.25, 0.3) is 0 Å². The molecular formula is C15H21NO4. The fourth-order valence-corrected chi connectivity index (χ4v) is 1.87. The molecule has 0 saturated carbocycles. The summed E-state index contributed by atoms with van der Waals surface area (Å²) in [5.41, 5.74) is 0.220. The highest BCUT2D eigenvalue weighted by atomic mass is 16.6. The second-order valence-electron chi connectivity index (χ2n) is 4.63. The Bertz CT molecular complexity index is 471. The third kappa shape index (κ3) is 4.64. The van der Waals surface area contributed by atoms with Crippen molar-refractivity contribution in [2.24, 2.45) is 0 Å². The first-order chi connectivity index (χ1) is 9.60. The zero-order chi connectivity index (χ0) is 15.0. The monoisotopic (exact) mass is 279 g/mol. The highest BCUT2D eigenvalue weighted by Crippen LogP contribution is 2.28. The van der Waals surface area contributed by atoms with Gasteiger partial charge in [-0.2, -0.15) is 0 Å². The Morgan fingerprint density at radius 2 is 2.00 bits per heavy atom. The minimum absolute atomic E-state index is 0.109. The second kappa shape index (κ2) is 8.30. The van der Waals surface area contributed by atoms with Crippen molar-refractivity contribution in [2.75, 3.05) is 6.61 Å². The molecule has 0 atom stereocenters. The Kier molecular flexibility index (Phi) is 6.70. The standard InChI is InChI=1S/C15H21NO4/c1-3-5-6-7-10-20-15-9-8-12(14(17)4-2)11-13(15)16(18)19/h8-9,11H,3-7,10H2,1-2H3. The molecule has 0 aliphatic heterocycles. The first-order valence-corrected chi connectivity index (χ1v) is 7.04. The van der Waals surface area contributed by atoms with Crippen molar-refractivity contribution in [3.63, 3.8) is 0 Å². The maximum absolute atomic E-state index is 11.6. The maximum Gasteiger partial charge on any atom is 0.311 e. The summed E-state index contributed by atoms with van der Waals surface area (Å²) in [7, 11) is 0. The largest absolute Gasteiger partial charge is 0.487 e. The van der Waals surface area contributed by atoms with Gasteiger partial charge in [-0.05, 0) is 18.6 Å². The molecule has 1 rings (SSSR count). The van der Waals surface area contributed by atoms with E-state index >= 15 is 0 Å². The predicted octanol–water partition coefficient (Wildman–Crippen LogP) is 4.15. The molecule has 20 heavy (non-hydrogen) atoms. The summed E-state index contributed by atoms with van der Waals surface area (Å²) in [6, 6.07) is 4.40. The molecule has 0 unspecified atom stereocenters. The van der Waals surface area contributed by atoms with E-state index < -0.39 is 4.92 Å². The maximum atomic E-state index is 11.6. The summed E-state index contributed by atoms with van der Waals surface area (Å²) in [6.07, 6.45) is 4.52. The predicted molar refractivity (Wildman–Crippen MR) is 77.4 cm³/mol. The molecule has 0 saturated heterocycles. The number of nitro groups is 1.